The molecular weight excluding hydrogens is 330 g/mol. The van der Waals surface area contributed by atoms with Crippen LogP contribution in [-0.4, -0.2) is 22.6 Å². The third kappa shape index (κ3) is 3.31. The van der Waals surface area contributed by atoms with Gasteiger partial charge in [-0.3, -0.25) is 9.59 Å². The van der Waals surface area contributed by atoms with Crippen molar-refractivity contribution in [1.82, 2.24) is 14.9 Å². The molecule has 0 atom stereocenters. The number of hydrogen-bond donors (Lipinski definition) is 1. The number of nitrogens with zero attached hydrogens (tertiary/aromatic N) is 2. The zero-order chi connectivity index (χ0) is 18.7. The third-order valence-corrected chi connectivity index (χ3v) is 4.32. The van der Waals surface area contributed by atoms with E-state index in [2.05, 4.69) is 10.3 Å². The first-order valence-corrected chi connectivity index (χ1v) is 8.46. The van der Waals surface area contributed by atoms with Crippen LogP contribution in [-0.2, 0) is 13.1 Å². The number of amides is 1. The largest absolute Gasteiger partial charge is 0.496 e. The fourth-order valence-corrected chi connectivity index (χ4v) is 2.96. The van der Waals surface area contributed by atoms with E-state index in [1.807, 2.05) is 31.2 Å². The summed E-state index contributed by atoms with van der Waals surface area (Å²) < 4.78 is 6.96. The summed E-state index contributed by atoms with van der Waals surface area (Å²) in [7, 11) is 1.60. The Balaban J connectivity index is 1.87. The van der Waals surface area contributed by atoms with Gasteiger partial charge in [-0.1, -0.05) is 18.2 Å². The monoisotopic (exact) mass is 351 g/mol. The molecule has 0 radical (unpaired) electrons. The number of aromatic nitrogens is 2. The topological polar surface area (TPSA) is 73.2 Å². The molecule has 3 rings (SSSR count). The van der Waals surface area contributed by atoms with Gasteiger partial charge in [-0.2, -0.15) is 0 Å². The van der Waals surface area contributed by atoms with Crippen molar-refractivity contribution in [3.8, 4) is 5.75 Å². The number of methoxy groups -OCH3 is 1. The van der Waals surface area contributed by atoms with Crippen molar-refractivity contribution in [1.29, 1.82) is 0 Å². The summed E-state index contributed by atoms with van der Waals surface area (Å²) in [6, 6.07) is 12.7. The van der Waals surface area contributed by atoms with E-state index in [4.69, 9.17) is 4.74 Å². The predicted molar refractivity (Wildman–Crippen MR) is 101 cm³/mol. The van der Waals surface area contributed by atoms with Crippen LogP contribution in [0.1, 0.15) is 28.5 Å². The lowest BCUT2D eigenvalue weighted by Crippen LogP contribution is -2.25. The molecule has 134 valence electrons. The number of hydrogen-bond acceptors (Lipinski definition) is 4. The highest BCUT2D eigenvalue weighted by molar-refractivity contribution is 5.97. The SMILES string of the molecule is CCn1c(=O)c(C)nc2cc(C(=O)NCc3ccccc3OC)ccc21. The molecule has 6 nitrogen and oxygen atoms in total. The molecule has 26 heavy (non-hydrogen) atoms. The Morgan fingerprint density at radius 2 is 2.00 bits per heavy atom. The molecule has 0 fully saturated rings. The Morgan fingerprint density at radius 1 is 1.23 bits per heavy atom. The van der Waals surface area contributed by atoms with Gasteiger partial charge in [-0.25, -0.2) is 4.98 Å². The standard InChI is InChI=1S/C20H21N3O3/c1-4-23-17-10-9-14(11-16(17)22-13(2)20(23)25)19(24)21-12-15-7-5-6-8-18(15)26-3/h5-11H,4,12H2,1-3H3,(H,21,24). The van der Waals surface area contributed by atoms with Crippen LogP contribution < -0.4 is 15.6 Å². The lowest BCUT2D eigenvalue weighted by atomic mass is 10.1. The molecule has 6 heteroatoms. The number of ether oxygens (including phenoxy) is 1. The maximum Gasteiger partial charge on any atom is 0.272 e. The molecule has 1 heterocycles. The molecule has 0 saturated heterocycles. The van der Waals surface area contributed by atoms with Crippen molar-refractivity contribution in [3.05, 3.63) is 69.6 Å². The van der Waals surface area contributed by atoms with Crippen molar-refractivity contribution in [2.75, 3.05) is 7.11 Å². The van der Waals surface area contributed by atoms with Gasteiger partial charge in [0.05, 0.1) is 18.1 Å². The molecule has 3 aromatic rings. The van der Waals surface area contributed by atoms with E-state index in [9.17, 15) is 9.59 Å². The van der Waals surface area contributed by atoms with E-state index in [1.165, 1.54) is 0 Å². The molecule has 2 aromatic carbocycles. The van der Waals surface area contributed by atoms with E-state index in [-0.39, 0.29) is 11.5 Å². The van der Waals surface area contributed by atoms with Gasteiger partial charge in [0.25, 0.3) is 11.5 Å². The molecule has 0 saturated carbocycles. The maximum atomic E-state index is 12.5. The van der Waals surface area contributed by atoms with Crippen molar-refractivity contribution in [2.45, 2.75) is 26.9 Å². The first-order valence-electron chi connectivity index (χ1n) is 8.46. The van der Waals surface area contributed by atoms with E-state index in [1.54, 1.807) is 36.8 Å². The van der Waals surface area contributed by atoms with E-state index in [0.717, 1.165) is 16.8 Å². The Hall–Kier alpha value is -3.15. The average molecular weight is 351 g/mol. The summed E-state index contributed by atoms with van der Waals surface area (Å²) >= 11 is 0. The number of rotatable bonds is 5. The van der Waals surface area contributed by atoms with Gasteiger partial charge >= 0.3 is 0 Å². The number of benzene rings is 2. The molecule has 0 bridgehead atoms. The second-order valence-electron chi connectivity index (χ2n) is 5.94. The zero-order valence-electron chi connectivity index (χ0n) is 15.1. The zero-order valence-corrected chi connectivity index (χ0v) is 15.1. The van der Waals surface area contributed by atoms with Crippen LogP contribution in [0.2, 0.25) is 0 Å². The smallest absolute Gasteiger partial charge is 0.272 e. The Morgan fingerprint density at radius 3 is 2.73 bits per heavy atom. The van der Waals surface area contributed by atoms with Gasteiger partial charge < -0.3 is 14.6 Å². The molecule has 1 amide bonds. The normalized spacial score (nSPS) is 10.7. The van der Waals surface area contributed by atoms with Crippen LogP contribution in [0, 0.1) is 6.92 Å². The second kappa shape index (κ2) is 7.39. The molecule has 0 aliphatic heterocycles. The number of carbonyl (C=O) groups is 1. The minimum atomic E-state index is -0.202. The van der Waals surface area contributed by atoms with E-state index < -0.39 is 0 Å². The van der Waals surface area contributed by atoms with Crippen molar-refractivity contribution in [3.63, 3.8) is 0 Å². The Bertz CT molecular complexity index is 1020. The first kappa shape index (κ1) is 17.7. The average Bonchev–Trinajstić information content (AvgIpc) is 2.67. The van der Waals surface area contributed by atoms with Crippen LogP contribution >= 0.6 is 0 Å². The van der Waals surface area contributed by atoms with Gasteiger partial charge in [-0.05, 0) is 38.1 Å². The summed E-state index contributed by atoms with van der Waals surface area (Å²) in [5.41, 5.74) is 3.08. The van der Waals surface area contributed by atoms with Crippen LogP contribution in [0.4, 0.5) is 0 Å². The third-order valence-electron chi connectivity index (χ3n) is 4.32. The van der Waals surface area contributed by atoms with Crippen LogP contribution in [0.5, 0.6) is 5.75 Å². The molecule has 1 aromatic heterocycles. The fourth-order valence-electron chi connectivity index (χ4n) is 2.96. The first-order chi connectivity index (χ1) is 12.5. The Labute approximate surface area is 151 Å². The molecule has 0 aliphatic rings. The van der Waals surface area contributed by atoms with Crippen LogP contribution in [0.15, 0.2) is 47.3 Å². The number of aryl methyl sites for hydroxylation is 2. The summed E-state index contributed by atoms with van der Waals surface area (Å²) in [4.78, 5) is 29.0. The van der Waals surface area contributed by atoms with E-state index >= 15 is 0 Å². The van der Waals surface area contributed by atoms with Gasteiger partial charge in [0.1, 0.15) is 11.4 Å². The molecule has 0 unspecified atom stereocenters. The van der Waals surface area contributed by atoms with Gasteiger partial charge in [0.2, 0.25) is 0 Å². The molecular formula is C20H21N3O3. The summed E-state index contributed by atoms with van der Waals surface area (Å²) in [5, 5.41) is 2.89. The van der Waals surface area contributed by atoms with Gasteiger partial charge in [0, 0.05) is 24.2 Å². The van der Waals surface area contributed by atoms with Crippen LogP contribution in [0.3, 0.4) is 0 Å². The van der Waals surface area contributed by atoms with Crippen molar-refractivity contribution >= 4 is 16.9 Å². The molecule has 1 N–H and O–H groups in total. The minimum Gasteiger partial charge on any atom is -0.496 e. The number of para-hydroxylation sites is 1. The number of nitrogens with one attached hydrogen (secondary N) is 1. The highest BCUT2D eigenvalue weighted by Crippen LogP contribution is 2.17. The number of fused-ring (bicyclic) bond motifs is 1. The highest BCUT2D eigenvalue weighted by Gasteiger charge is 2.12. The lowest BCUT2D eigenvalue weighted by Gasteiger charge is -2.11. The van der Waals surface area contributed by atoms with Crippen molar-refractivity contribution in [2.24, 2.45) is 0 Å². The van der Waals surface area contributed by atoms with Crippen molar-refractivity contribution < 1.29 is 9.53 Å². The summed E-state index contributed by atoms with van der Waals surface area (Å²) in [6.07, 6.45) is 0. The van der Waals surface area contributed by atoms with E-state index in [0.29, 0.717) is 29.9 Å². The van der Waals surface area contributed by atoms with Gasteiger partial charge in [0.15, 0.2) is 0 Å². The molecule has 0 spiro atoms. The summed E-state index contributed by atoms with van der Waals surface area (Å²) in [6.45, 7) is 4.51. The second-order valence-corrected chi connectivity index (χ2v) is 5.94. The predicted octanol–water partition coefficient (Wildman–Crippen LogP) is 2.66. The lowest BCUT2D eigenvalue weighted by molar-refractivity contribution is 0.0951. The molecule has 0 aliphatic carbocycles. The maximum absolute atomic E-state index is 12.5. The Kier molecular flexibility index (Phi) is 5.02. The minimum absolute atomic E-state index is 0.103. The highest BCUT2D eigenvalue weighted by atomic mass is 16.5. The summed E-state index contributed by atoms with van der Waals surface area (Å²) in [5.74, 6) is 0.530. The van der Waals surface area contributed by atoms with Gasteiger partial charge in [-0.15, -0.1) is 0 Å². The quantitative estimate of drug-likeness (QED) is 0.767. The number of carbonyl (C=O) groups excluding carboxylic acids is 1. The van der Waals surface area contributed by atoms with Crippen LogP contribution in [0.25, 0.3) is 11.0 Å². The fraction of sp³-hybridized carbons (Fsp3) is 0.250.